The van der Waals surface area contributed by atoms with Gasteiger partial charge in [0.2, 0.25) is 0 Å². The third-order valence-corrected chi connectivity index (χ3v) is 4.57. The fourth-order valence-electron chi connectivity index (χ4n) is 3.17. The van der Waals surface area contributed by atoms with Gasteiger partial charge in [-0.3, -0.25) is 0 Å². The van der Waals surface area contributed by atoms with Crippen LogP contribution in [0.1, 0.15) is 39.0 Å². The molecule has 6 nitrogen and oxygen atoms in total. The number of anilines is 2. The van der Waals surface area contributed by atoms with E-state index in [1.807, 2.05) is 16.8 Å². The largest absolute Gasteiger partial charge is 0.366 e. The molecule has 1 fully saturated rings. The maximum absolute atomic E-state index is 5.47. The predicted molar refractivity (Wildman–Crippen MR) is 80.5 cm³/mol. The lowest BCUT2D eigenvalue weighted by Gasteiger charge is -2.28. The van der Waals surface area contributed by atoms with Crippen molar-refractivity contribution in [3.8, 4) is 0 Å². The first-order valence-electron chi connectivity index (χ1n) is 7.30. The number of hydrazine groups is 1. The van der Waals surface area contributed by atoms with Gasteiger partial charge in [-0.05, 0) is 24.7 Å². The van der Waals surface area contributed by atoms with E-state index in [9.17, 15) is 0 Å². The van der Waals surface area contributed by atoms with Crippen molar-refractivity contribution < 1.29 is 0 Å². The maximum atomic E-state index is 5.47. The zero-order valence-electron chi connectivity index (χ0n) is 11.9. The monoisotopic (exact) mass is 274 g/mol. The second-order valence-corrected chi connectivity index (χ2v) is 5.69. The highest BCUT2D eigenvalue weighted by atomic mass is 15.3. The highest BCUT2D eigenvalue weighted by Crippen LogP contribution is 2.41. The number of nitrogens with one attached hydrogen (secondary N) is 2. The zero-order chi connectivity index (χ0) is 14.0. The molecule has 1 aliphatic carbocycles. The van der Waals surface area contributed by atoms with E-state index in [1.54, 1.807) is 6.20 Å². The van der Waals surface area contributed by atoms with Crippen molar-refractivity contribution in [2.24, 2.45) is 11.3 Å². The third-order valence-electron chi connectivity index (χ3n) is 4.57. The van der Waals surface area contributed by atoms with Crippen LogP contribution in [0, 0.1) is 5.41 Å². The Hall–Kier alpha value is -1.82. The Kier molecular flexibility index (Phi) is 3.48. The highest BCUT2D eigenvalue weighted by Gasteiger charge is 2.31. The Morgan fingerprint density at radius 2 is 2.20 bits per heavy atom. The SMILES string of the molecule is CCC1(CNc2nc(NN)cn3ccnc23)CCCC1. The minimum absolute atomic E-state index is 0.414. The number of hydrogen-bond donors (Lipinski definition) is 3. The number of hydrogen-bond acceptors (Lipinski definition) is 5. The zero-order valence-corrected chi connectivity index (χ0v) is 11.9. The van der Waals surface area contributed by atoms with Crippen molar-refractivity contribution in [2.45, 2.75) is 39.0 Å². The van der Waals surface area contributed by atoms with E-state index in [2.05, 4.69) is 27.6 Å². The van der Waals surface area contributed by atoms with Crippen molar-refractivity contribution in [2.75, 3.05) is 17.3 Å². The summed E-state index contributed by atoms with van der Waals surface area (Å²) in [7, 11) is 0. The molecule has 6 heteroatoms. The minimum Gasteiger partial charge on any atom is -0.366 e. The van der Waals surface area contributed by atoms with Crippen LogP contribution in [0.15, 0.2) is 18.6 Å². The molecule has 3 rings (SSSR count). The molecule has 2 aromatic rings. The van der Waals surface area contributed by atoms with Gasteiger partial charge < -0.3 is 15.1 Å². The average molecular weight is 274 g/mol. The first-order chi connectivity index (χ1) is 9.76. The first kappa shape index (κ1) is 13.2. The predicted octanol–water partition coefficient (Wildman–Crippen LogP) is 2.40. The second-order valence-electron chi connectivity index (χ2n) is 5.69. The fraction of sp³-hybridized carbons (Fsp3) is 0.571. The molecule has 0 unspecified atom stereocenters. The van der Waals surface area contributed by atoms with Gasteiger partial charge >= 0.3 is 0 Å². The van der Waals surface area contributed by atoms with E-state index >= 15 is 0 Å². The van der Waals surface area contributed by atoms with Crippen molar-refractivity contribution in [1.82, 2.24) is 14.4 Å². The van der Waals surface area contributed by atoms with Gasteiger partial charge in [0, 0.05) is 18.9 Å². The maximum Gasteiger partial charge on any atom is 0.180 e. The Bertz CT molecular complexity index is 584. The molecule has 2 aromatic heterocycles. The van der Waals surface area contributed by atoms with Gasteiger partial charge in [0.05, 0.1) is 6.20 Å². The summed E-state index contributed by atoms with van der Waals surface area (Å²) in [5.41, 5.74) is 3.86. The van der Waals surface area contributed by atoms with Crippen LogP contribution in [0.4, 0.5) is 11.6 Å². The first-order valence-corrected chi connectivity index (χ1v) is 7.30. The lowest BCUT2D eigenvalue weighted by molar-refractivity contribution is 0.306. The number of nitrogens with zero attached hydrogens (tertiary/aromatic N) is 3. The standard InChI is InChI=1S/C14H22N6/c1-2-14(5-3-4-6-14)10-17-12-13-16-7-8-20(13)9-11(18-12)19-15/h7-9,19H,2-6,10,15H2,1H3,(H,17,18). The molecule has 0 spiro atoms. The van der Waals surface area contributed by atoms with Crippen molar-refractivity contribution in [3.63, 3.8) is 0 Å². The smallest absolute Gasteiger partial charge is 0.180 e. The number of fused-ring (bicyclic) bond motifs is 1. The molecule has 0 atom stereocenters. The minimum atomic E-state index is 0.414. The summed E-state index contributed by atoms with van der Waals surface area (Å²) in [6, 6.07) is 0. The molecule has 108 valence electrons. The van der Waals surface area contributed by atoms with Crippen LogP contribution in [0.3, 0.4) is 0 Å². The summed E-state index contributed by atoms with van der Waals surface area (Å²) >= 11 is 0. The van der Waals surface area contributed by atoms with Crippen LogP contribution in [-0.2, 0) is 0 Å². The topological polar surface area (TPSA) is 80.3 Å². The molecule has 1 aliphatic rings. The van der Waals surface area contributed by atoms with Crippen LogP contribution < -0.4 is 16.6 Å². The van der Waals surface area contributed by atoms with Gasteiger partial charge in [0.25, 0.3) is 0 Å². The Balaban J connectivity index is 1.84. The van der Waals surface area contributed by atoms with E-state index in [0.717, 1.165) is 18.0 Å². The summed E-state index contributed by atoms with van der Waals surface area (Å²) in [5, 5.41) is 3.49. The fourth-order valence-corrected chi connectivity index (χ4v) is 3.17. The van der Waals surface area contributed by atoms with Gasteiger partial charge in [-0.15, -0.1) is 0 Å². The molecule has 0 radical (unpaired) electrons. The molecule has 2 heterocycles. The third kappa shape index (κ3) is 2.31. The van der Waals surface area contributed by atoms with Crippen LogP contribution >= 0.6 is 0 Å². The van der Waals surface area contributed by atoms with Crippen LogP contribution in [0.25, 0.3) is 5.65 Å². The van der Waals surface area contributed by atoms with Crippen LogP contribution in [-0.4, -0.2) is 20.9 Å². The molecule has 0 aromatic carbocycles. The van der Waals surface area contributed by atoms with Gasteiger partial charge in [-0.25, -0.2) is 15.8 Å². The van der Waals surface area contributed by atoms with Gasteiger partial charge in [0.1, 0.15) is 0 Å². The summed E-state index contributed by atoms with van der Waals surface area (Å²) in [6.07, 6.45) is 12.0. The molecule has 4 N–H and O–H groups in total. The molecule has 20 heavy (non-hydrogen) atoms. The summed E-state index contributed by atoms with van der Waals surface area (Å²) in [6.45, 7) is 3.23. The van der Waals surface area contributed by atoms with E-state index < -0.39 is 0 Å². The molecular formula is C14H22N6. The number of aromatic nitrogens is 3. The molecular weight excluding hydrogens is 252 g/mol. The van der Waals surface area contributed by atoms with E-state index in [0.29, 0.717) is 11.2 Å². The van der Waals surface area contributed by atoms with Crippen molar-refractivity contribution in [1.29, 1.82) is 0 Å². The van der Waals surface area contributed by atoms with Crippen LogP contribution in [0.2, 0.25) is 0 Å². The van der Waals surface area contributed by atoms with Gasteiger partial charge in [-0.2, -0.15) is 0 Å². The molecule has 0 saturated heterocycles. The van der Waals surface area contributed by atoms with Gasteiger partial charge in [-0.1, -0.05) is 19.8 Å². The van der Waals surface area contributed by atoms with E-state index in [1.165, 1.54) is 32.1 Å². The molecule has 0 amide bonds. The number of nitrogen functional groups attached to an aromatic ring is 1. The average Bonchev–Trinajstić information content (AvgIpc) is 3.14. The lowest BCUT2D eigenvalue weighted by atomic mass is 9.83. The Morgan fingerprint density at radius 3 is 2.90 bits per heavy atom. The molecule has 1 saturated carbocycles. The molecule has 0 aliphatic heterocycles. The normalized spacial score (nSPS) is 17.5. The lowest BCUT2D eigenvalue weighted by Crippen LogP contribution is -2.26. The number of imidazole rings is 1. The van der Waals surface area contributed by atoms with Crippen LogP contribution in [0.5, 0.6) is 0 Å². The van der Waals surface area contributed by atoms with Crippen molar-refractivity contribution in [3.05, 3.63) is 18.6 Å². The summed E-state index contributed by atoms with van der Waals surface area (Å²) < 4.78 is 1.93. The Labute approximate surface area is 118 Å². The molecule has 0 bridgehead atoms. The quantitative estimate of drug-likeness (QED) is 0.576. The van der Waals surface area contributed by atoms with Crippen molar-refractivity contribution >= 4 is 17.3 Å². The second kappa shape index (κ2) is 5.28. The highest BCUT2D eigenvalue weighted by molar-refractivity contribution is 5.65. The Morgan fingerprint density at radius 1 is 1.40 bits per heavy atom. The van der Waals surface area contributed by atoms with E-state index in [4.69, 9.17) is 5.84 Å². The summed E-state index contributed by atoms with van der Waals surface area (Å²) in [4.78, 5) is 8.84. The van der Waals surface area contributed by atoms with E-state index in [-0.39, 0.29) is 0 Å². The number of rotatable bonds is 5. The van der Waals surface area contributed by atoms with Gasteiger partial charge in [0.15, 0.2) is 17.3 Å². The number of nitrogens with two attached hydrogens (primary N) is 1. The summed E-state index contributed by atoms with van der Waals surface area (Å²) in [5.74, 6) is 6.91.